The molecule has 0 saturated carbocycles. The standard InChI is InChI=1S/C13H17F3N2O2S/c1-9-7-11(13(14,15)16)3-4-12(9)21(19,20)18-6-5-17-8-10(18)2/h3-4,7,10,17H,5-6,8H2,1-2H3/t10-/m1/s1. The van der Waals surface area contributed by atoms with E-state index >= 15 is 0 Å². The molecule has 1 N–H and O–H groups in total. The molecule has 1 heterocycles. The average Bonchev–Trinajstić information content (AvgIpc) is 2.37. The highest BCUT2D eigenvalue weighted by Gasteiger charge is 2.34. The highest BCUT2D eigenvalue weighted by atomic mass is 32.2. The molecule has 0 radical (unpaired) electrons. The molecule has 0 aliphatic carbocycles. The van der Waals surface area contributed by atoms with Crippen LogP contribution in [0.15, 0.2) is 23.1 Å². The predicted octanol–water partition coefficient (Wildman–Crippen LogP) is 2.00. The third kappa shape index (κ3) is 3.22. The van der Waals surface area contributed by atoms with Gasteiger partial charge in [0.1, 0.15) is 0 Å². The first-order valence-corrected chi connectivity index (χ1v) is 7.98. The van der Waals surface area contributed by atoms with Crippen LogP contribution in [0.4, 0.5) is 13.2 Å². The normalized spacial score (nSPS) is 21.5. The molecular formula is C13H17F3N2O2S. The minimum absolute atomic E-state index is 0.0655. The van der Waals surface area contributed by atoms with Gasteiger partial charge in [0.15, 0.2) is 0 Å². The lowest BCUT2D eigenvalue weighted by Gasteiger charge is -2.33. The second kappa shape index (κ2) is 5.58. The van der Waals surface area contributed by atoms with Crippen molar-refractivity contribution in [2.75, 3.05) is 19.6 Å². The lowest BCUT2D eigenvalue weighted by atomic mass is 10.1. The van der Waals surface area contributed by atoms with Crippen molar-refractivity contribution in [3.63, 3.8) is 0 Å². The van der Waals surface area contributed by atoms with Crippen molar-refractivity contribution < 1.29 is 21.6 Å². The van der Waals surface area contributed by atoms with E-state index in [9.17, 15) is 21.6 Å². The Morgan fingerprint density at radius 2 is 2.00 bits per heavy atom. The molecule has 1 aliphatic rings. The van der Waals surface area contributed by atoms with Crippen molar-refractivity contribution in [3.8, 4) is 0 Å². The largest absolute Gasteiger partial charge is 0.416 e. The molecule has 1 fully saturated rings. The zero-order chi connectivity index (χ0) is 15.8. The average molecular weight is 322 g/mol. The number of alkyl halides is 3. The minimum atomic E-state index is -4.48. The molecule has 0 bridgehead atoms. The maximum absolute atomic E-state index is 12.6. The summed E-state index contributed by atoms with van der Waals surface area (Å²) in [6.45, 7) is 4.52. The van der Waals surface area contributed by atoms with E-state index in [-0.39, 0.29) is 16.5 Å². The summed E-state index contributed by atoms with van der Waals surface area (Å²) in [4.78, 5) is -0.0655. The van der Waals surface area contributed by atoms with Crippen LogP contribution in [0.3, 0.4) is 0 Å². The second-order valence-electron chi connectivity index (χ2n) is 5.15. The van der Waals surface area contributed by atoms with E-state index in [0.717, 1.165) is 18.2 Å². The van der Waals surface area contributed by atoms with Crippen LogP contribution in [-0.2, 0) is 16.2 Å². The van der Waals surface area contributed by atoms with Gasteiger partial charge in [-0.1, -0.05) is 0 Å². The van der Waals surface area contributed by atoms with Crippen LogP contribution < -0.4 is 5.32 Å². The van der Waals surface area contributed by atoms with E-state index in [1.54, 1.807) is 6.92 Å². The first kappa shape index (κ1) is 16.3. The maximum atomic E-state index is 12.6. The summed E-state index contributed by atoms with van der Waals surface area (Å²) >= 11 is 0. The third-order valence-corrected chi connectivity index (χ3v) is 5.70. The fourth-order valence-electron chi connectivity index (χ4n) is 2.42. The molecule has 1 aliphatic heterocycles. The van der Waals surface area contributed by atoms with E-state index in [1.165, 1.54) is 11.2 Å². The molecule has 1 atom stereocenters. The Morgan fingerprint density at radius 3 is 2.52 bits per heavy atom. The van der Waals surface area contributed by atoms with Gasteiger partial charge in [-0.3, -0.25) is 0 Å². The van der Waals surface area contributed by atoms with Crippen LogP contribution in [0.2, 0.25) is 0 Å². The zero-order valence-corrected chi connectivity index (χ0v) is 12.6. The topological polar surface area (TPSA) is 49.4 Å². The van der Waals surface area contributed by atoms with Gasteiger partial charge < -0.3 is 5.32 Å². The van der Waals surface area contributed by atoms with Crippen LogP contribution >= 0.6 is 0 Å². The lowest BCUT2D eigenvalue weighted by Crippen LogP contribution is -2.52. The van der Waals surface area contributed by atoms with Gasteiger partial charge in [-0.05, 0) is 37.6 Å². The molecule has 4 nitrogen and oxygen atoms in total. The molecule has 0 aromatic heterocycles. The number of aryl methyl sites for hydroxylation is 1. The van der Waals surface area contributed by atoms with Gasteiger partial charge in [0.2, 0.25) is 10.0 Å². The van der Waals surface area contributed by atoms with Crippen molar-refractivity contribution in [2.24, 2.45) is 0 Å². The number of nitrogens with zero attached hydrogens (tertiary/aromatic N) is 1. The first-order valence-electron chi connectivity index (χ1n) is 6.54. The number of hydrogen-bond acceptors (Lipinski definition) is 3. The molecule has 1 aromatic carbocycles. The van der Waals surface area contributed by atoms with Crippen LogP contribution in [0.5, 0.6) is 0 Å². The summed E-state index contributed by atoms with van der Waals surface area (Å²) in [5.41, 5.74) is -0.733. The Morgan fingerprint density at radius 1 is 1.33 bits per heavy atom. The fourth-order valence-corrected chi connectivity index (χ4v) is 4.26. The number of rotatable bonds is 2. The lowest BCUT2D eigenvalue weighted by molar-refractivity contribution is -0.137. The Bertz CT molecular complexity index is 629. The number of nitrogens with one attached hydrogen (secondary N) is 1. The smallest absolute Gasteiger partial charge is 0.314 e. The first-order chi connectivity index (χ1) is 9.64. The molecular weight excluding hydrogens is 305 g/mol. The van der Waals surface area contributed by atoms with Crippen LogP contribution in [-0.4, -0.2) is 38.4 Å². The van der Waals surface area contributed by atoms with Crippen molar-refractivity contribution in [1.29, 1.82) is 0 Å². The van der Waals surface area contributed by atoms with Crippen LogP contribution in [0, 0.1) is 6.92 Å². The monoisotopic (exact) mass is 322 g/mol. The van der Waals surface area contributed by atoms with E-state index in [0.29, 0.717) is 19.6 Å². The third-order valence-electron chi connectivity index (χ3n) is 3.53. The summed E-state index contributed by atoms with van der Waals surface area (Å²) in [5.74, 6) is 0. The highest BCUT2D eigenvalue weighted by Crippen LogP contribution is 2.32. The number of benzene rings is 1. The number of piperazine rings is 1. The molecule has 0 spiro atoms. The molecule has 21 heavy (non-hydrogen) atoms. The Kier molecular flexibility index (Phi) is 4.32. The molecule has 0 unspecified atom stereocenters. The van der Waals surface area contributed by atoms with Gasteiger partial charge >= 0.3 is 6.18 Å². The predicted molar refractivity (Wildman–Crippen MR) is 72.4 cm³/mol. The Balaban J connectivity index is 2.41. The summed E-state index contributed by atoms with van der Waals surface area (Å²) in [6.07, 6.45) is -4.48. The summed E-state index contributed by atoms with van der Waals surface area (Å²) < 4.78 is 64.5. The Hall–Kier alpha value is -1.12. The Labute approximate surface area is 122 Å². The molecule has 1 aromatic rings. The van der Waals surface area contributed by atoms with Crippen molar-refractivity contribution in [3.05, 3.63) is 29.3 Å². The molecule has 8 heteroatoms. The maximum Gasteiger partial charge on any atom is 0.416 e. The van der Waals surface area contributed by atoms with Crippen LogP contribution in [0.25, 0.3) is 0 Å². The number of sulfonamides is 1. The zero-order valence-electron chi connectivity index (χ0n) is 11.7. The van der Waals surface area contributed by atoms with Gasteiger partial charge in [-0.25, -0.2) is 8.42 Å². The van der Waals surface area contributed by atoms with Crippen molar-refractivity contribution in [1.82, 2.24) is 9.62 Å². The molecule has 118 valence electrons. The van der Waals surface area contributed by atoms with E-state index < -0.39 is 21.8 Å². The van der Waals surface area contributed by atoms with Gasteiger partial charge in [0, 0.05) is 25.7 Å². The summed E-state index contributed by atoms with van der Waals surface area (Å²) in [5, 5.41) is 3.08. The van der Waals surface area contributed by atoms with Crippen LogP contribution in [0.1, 0.15) is 18.1 Å². The summed E-state index contributed by atoms with van der Waals surface area (Å²) in [7, 11) is -3.78. The molecule has 2 rings (SSSR count). The number of halogens is 3. The summed E-state index contributed by atoms with van der Waals surface area (Å²) in [6, 6.07) is 2.50. The van der Waals surface area contributed by atoms with E-state index in [4.69, 9.17) is 0 Å². The van der Waals surface area contributed by atoms with Gasteiger partial charge in [0.25, 0.3) is 0 Å². The highest BCUT2D eigenvalue weighted by molar-refractivity contribution is 7.89. The second-order valence-corrected chi connectivity index (χ2v) is 7.01. The van der Waals surface area contributed by atoms with E-state index in [1.807, 2.05) is 0 Å². The van der Waals surface area contributed by atoms with E-state index in [2.05, 4.69) is 5.32 Å². The van der Waals surface area contributed by atoms with Gasteiger partial charge in [0.05, 0.1) is 10.5 Å². The SMILES string of the molecule is Cc1cc(C(F)(F)F)ccc1S(=O)(=O)N1CCNC[C@H]1C. The van der Waals surface area contributed by atoms with Crippen molar-refractivity contribution in [2.45, 2.75) is 31.0 Å². The van der Waals surface area contributed by atoms with Gasteiger partial charge in [-0.15, -0.1) is 0 Å². The molecule has 1 saturated heterocycles. The quantitative estimate of drug-likeness (QED) is 0.906. The van der Waals surface area contributed by atoms with Gasteiger partial charge in [-0.2, -0.15) is 17.5 Å². The van der Waals surface area contributed by atoms with Crippen molar-refractivity contribution >= 4 is 10.0 Å². The number of hydrogen-bond donors (Lipinski definition) is 1. The fraction of sp³-hybridized carbons (Fsp3) is 0.538. The minimum Gasteiger partial charge on any atom is -0.314 e. The molecule has 0 amide bonds.